The zero-order valence-corrected chi connectivity index (χ0v) is 10.5. The van der Waals surface area contributed by atoms with E-state index in [1.54, 1.807) is 0 Å². The van der Waals surface area contributed by atoms with Crippen LogP contribution < -0.4 is 5.32 Å². The number of nitrogens with one attached hydrogen (secondary N) is 1. The van der Waals surface area contributed by atoms with Crippen LogP contribution in [0, 0.1) is 0 Å². The largest absolute Gasteiger partial charge is 0.496 e. The van der Waals surface area contributed by atoms with E-state index in [9.17, 15) is 0 Å². The van der Waals surface area contributed by atoms with Crippen molar-refractivity contribution in [3.8, 4) is 0 Å². The number of hydrogen-bond acceptors (Lipinski definition) is 5. The number of rotatable bonds is 5. The van der Waals surface area contributed by atoms with Gasteiger partial charge < -0.3 is 10.1 Å². The average molecular weight is 239 g/mol. The van der Waals surface area contributed by atoms with Crippen molar-refractivity contribution >= 4 is 11.5 Å². The van der Waals surface area contributed by atoms with Gasteiger partial charge in [0.25, 0.3) is 0 Å². The Balaban J connectivity index is 2.22. The highest BCUT2D eigenvalue weighted by molar-refractivity contribution is 7.05. The molecule has 1 aromatic heterocycles. The van der Waals surface area contributed by atoms with E-state index in [0.717, 1.165) is 37.3 Å². The molecule has 0 fully saturated rings. The lowest BCUT2D eigenvalue weighted by atomic mass is 10.1. The predicted octanol–water partition coefficient (Wildman–Crippen LogP) is 2.06. The maximum absolute atomic E-state index is 5.61. The maximum Gasteiger partial charge on any atom is 0.115 e. The van der Waals surface area contributed by atoms with E-state index in [-0.39, 0.29) is 6.04 Å². The minimum absolute atomic E-state index is 0.129. The van der Waals surface area contributed by atoms with Gasteiger partial charge in [-0.25, -0.2) is 0 Å². The Kier molecular flexibility index (Phi) is 3.90. The van der Waals surface area contributed by atoms with Crippen molar-refractivity contribution < 1.29 is 4.74 Å². The second kappa shape index (κ2) is 5.41. The number of hydrogen-bond donors (Lipinski definition) is 1. The highest BCUT2D eigenvalue weighted by Gasteiger charge is 2.24. The molecule has 0 spiro atoms. The third-order valence-corrected chi connectivity index (χ3v) is 3.47. The summed E-state index contributed by atoms with van der Waals surface area (Å²) in [6.45, 7) is 2.95. The molecule has 0 amide bonds. The van der Waals surface area contributed by atoms with Gasteiger partial charge in [0.2, 0.25) is 0 Å². The molecular weight excluding hydrogens is 222 g/mol. The molecule has 0 aromatic carbocycles. The lowest BCUT2D eigenvalue weighted by molar-refractivity contribution is 0.218. The number of likely N-dealkylation sites (N-methyl/N-ethyl adjacent to an activating group) is 1. The van der Waals surface area contributed by atoms with Gasteiger partial charge >= 0.3 is 0 Å². The summed E-state index contributed by atoms with van der Waals surface area (Å²) in [6, 6.07) is 0.129. The second-order valence-electron chi connectivity index (χ2n) is 3.80. The van der Waals surface area contributed by atoms with Crippen LogP contribution in [0.3, 0.4) is 0 Å². The van der Waals surface area contributed by atoms with Gasteiger partial charge in [-0.3, -0.25) is 0 Å². The molecule has 1 N–H and O–H groups in total. The molecule has 2 heterocycles. The molecule has 1 aliphatic heterocycles. The first-order valence-corrected chi connectivity index (χ1v) is 6.45. The van der Waals surface area contributed by atoms with Gasteiger partial charge in [0.1, 0.15) is 11.8 Å². The molecule has 88 valence electrons. The van der Waals surface area contributed by atoms with Crippen LogP contribution in [-0.2, 0) is 11.2 Å². The van der Waals surface area contributed by atoms with Crippen molar-refractivity contribution in [3.63, 3.8) is 0 Å². The third-order valence-electron chi connectivity index (χ3n) is 2.64. The Labute approximate surface area is 99.9 Å². The molecule has 0 bridgehead atoms. The standard InChI is InChI=1S/C11H17N3OS/c1-3-5-8-11(16-14-13-8)10(12-2)9-6-4-7-15-9/h6,10,12H,3-5,7H2,1-2H3. The summed E-state index contributed by atoms with van der Waals surface area (Å²) in [7, 11) is 1.95. The molecule has 0 saturated heterocycles. The Morgan fingerprint density at radius 1 is 1.62 bits per heavy atom. The van der Waals surface area contributed by atoms with E-state index in [2.05, 4.69) is 27.9 Å². The molecule has 2 rings (SSSR count). The third kappa shape index (κ3) is 2.25. The zero-order chi connectivity index (χ0) is 11.4. The van der Waals surface area contributed by atoms with Gasteiger partial charge in [-0.2, -0.15) is 0 Å². The fraction of sp³-hybridized carbons (Fsp3) is 0.636. The summed E-state index contributed by atoms with van der Waals surface area (Å²) in [5, 5.41) is 7.47. The lowest BCUT2D eigenvalue weighted by Gasteiger charge is -2.16. The van der Waals surface area contributed by atoms with Crippen LogP contribution in [0.5, 0.6) is 0 Å². The van der Waals surface area contributed by atoms with E-state index in [4.69, 9.17) is 4.74 Å². The Morgan fingerprint density at radius 3 is 3.12 bits per heavy atom. The van der Waals surface area contributed by atoms with Crippen LogP contribution in [0.15, 0.2) is 11.8 Å². The lowest BCUT2D eigenvalue weighted by Crippen LogP contribution is -2.19. The van der Waals surface area contributed by atoms with E-state index >= 15 is 0 Å². The molecule has 1 unspecified atom stereocenters. The monoisotopic (exact) mass is 239 g/mol. The first-order valence-electron chi connectivity index (χ1n) is 5.68. The highest BCUT2D eigenvalue weighted by atomic mass is 32.1. The molecule has 4 nitrogen and oxygen atoms in total. The van der Waals surface area contributed by atoms with Crippen molar-refractivity contribution in [2.45, 2.75) is 32.2 Å². The van der Waals surface area contributed by atoms with Crippen LogP contribution in [0.4, 0.5) is 0 Å². The summed E-state index contributed by atoms with van der Waals surface area (Å²) in [5.41, 5.74) is 1.10. The Bertz CT molecular complexity index is 375. The highest BCUT2D eigenvalue weighted by Crippen LogP contribution is 2.30. The second-order valence-corrected chi connectivity index (χ2v) is 4.58. The van der Waals surface area contributed by atoms with E-state index in [0.29, 0.717) is 0 Å². The molecule has 16 heavy (non-hydrogen) atoms. The summed E-state index contributed by atoms with van der Waals surface area (Å²) in [6.07, 6.45) is 5.23. The normalized spacial score (nSPS) is 17.0. The van der Waals surface area contributed by atoms with Crippen LogP contribution in [-0.4, -0.2) is 23.2 Å². The summed E-state index contributed by atoms with van der Waals surface area (Å²) >= 11 is 1.46. The predicted molar refractivity (Wildman–Crippen MR) is 64.4 cm³/mol. The summed E-state index contributed by atoms with van der Waals surface area (Å²) in [4.78, 5) is 1.19. The quantitative estimate of drug-likeness (QED) is 0.854. The molecule has 5 heteroatoms. The molecule has 0 aliphatic carbocycles. The van der Waals surface area contributed by atoms with Crippen molar-refractivity contribution in [2.75, 3.05) is 13.7 Å². The average Bonchev–Trinajstić information content (AvgIpc) is 2.92. The number of ether oxygens (including phenoxy) is 1. The SMILES string of the molecule is CCCc1nnsc1C(NC)C1=CCCO1. The minimum atomic E-state index is 0.129. The number of nitrogens with zero attached hydrogens (tertiary/aromatic N) is 2. The maximum atomic E-state index is 5.61. The van der Waals surface area contributed by atoms with Crippen molar-refractivity contribution in [1.82, 2.24) is 14.9 Å². The molecule has 0 saturated carbocycles. The van der Waals surface area contributed by atoms with Gasteiger partial charge in [-0.15, -0.1) is 5.10 Å². The molecule has 1 atom stereocenters. The fourth-order valence-electron chi connectivity index (χ4n) is 1.89. The van der Waals surface area contributed by atoms with Gasteiger partial charge in [-0.1, -0.05) is 17.8 Å². The van der Waals surface area contributed by atoms with Crippen LogP contribution in [0.2, 0.25) is 0 Å². The van der Waals surface area contributed by atoms with Gasteiger partial charge in [0, 0.05) is 6.42 Å². The van der Waals surface area contributed by atoms with Crippen molar-refractivity contribution in [3.05, 3.63) is 22.4 Å². The summed E-state index contributed by atoms with van der Waals surface area (Å²) in [5.74, 6) is 1.02. The smallest absolute Gasteiger partial charge is 0.115 e. The van der Waals surface area contributed by atoms with Gasteiger partial charge in [0.05, 0.1) is 17.2 Å². The molecular formula is C11H17N3OS. The Hall–Kier alpha value is -0.940. The van der Waals surface area contributed by atoms with E-state index < -0.39 is 0 Å². The molecule has 0 radical (unpaired) electrons. The van der Waals surface area contributed by atoms with Gasteiger partial charge in [0.15, 0.2) is 0 Å². The topological polar surface area (TPSA) is 47.0 Å². The van der Waals surface area contributed by atoms with Gasteiger partial charge in [-0.05, 0) is 31.1 Å². The van der Waals surface area contributed by atoms with Crippen LogP contribution in [0.25, 0.3) is 0 Å². The fourth-order valence-corrected chi connectivity index (χ4v) is 2.70. The number of aromatic nitrogens is 2. The van der Waals surface area contributed by atoms with Crippen molar-refractivity contribution in [2.24, 2.45) is 0 Å². The zero-order valence-electron chi connectivity index (χ0n) is 9.69. The first-order chi connectivity index (χ1) is 7.86. The number of aryl methyl sites for hydroxylation is 1. The van der Waals surface area contributed by atoms with Crippen LogP contribution >= 0.6 is 11.5 Å². The molecule has 1 aromatic rings. The first kappa shape index (κ1) is 11.5. The van der Waals surface area contributed by atoms with Crippen molar-refractivity contribution in [1.29, 1.82) is 0 Å². The summed E-state index contributed by atoms with van der Waals surface area (Å²) < 4.78 is 9.66. The Morgan fingerprint density at radius 2 is 2.50 bits per heavy atom. The van der Waals surface area contributed by atoms with E-state index in [1.165, 1.54) is 16.4 Å². The van der Waals surface area contributed by atoms with E-state index in [1.807, 2.05) is 7.05 Å². The minimum Gasteiger partial charge on any atom is -0.496 e. The molecule has 1 aliphatic rings. The van der Waals surface area contributed by atoms with Crippen LogP contribution in [0.1, 0.15) is 36.4 Å².